The molecule has 422 valence electrons. The largest absolute Gasteiger partial charge is 0.495 e. The van der Waals surface area contributed by atoms with Crippen LogP contribution < -0.4 is 15.4 Å². The summed E-state index contributed by atoms with van der Waals surface area (Å²) in [6.45, 7) is 6.25. The fraction of sp³-hybridized carbons (Fsp3) is 0.604. The summed E-state index contributed by atoms with van der Waals surface area (Å²) >= 11 is 7.37. The van der Waals surface area contributed by atoms with Gasteiger partial charge in [0, 0.05) is 71.4 Å². The number of halogens is 1. The third kappa shape index (κ3) is 15.6. The van der Waals surface area contributed by atoms with E-state index in [1.165, 1.54) is 35.2 Å². The average Bonchev–Trinajstić information content (AvgIpc) is 3.98. The minimum atomic E-state index is -1.90. The van der Waals surface area contributed by atoms with Gasteiger partial charge in [-0.25, -0.2) is 19.2 Å². The van der Waals surface area contributed by atoms with Gasteiger partial charge in [-0.05, 0) is 76.1 Å². The van der Waals surface area contributed by atoms with E-state index in [0.29, 0.717) is 41.0 Å². The second-order valence-corrected chi connectivity index (χ2v) is 21.7. The first kappa shape index (κ1) is 60.2. The number of nitrogens with one attached hydrogen (secondary N) is 2. The first-order chi connectivity index (χ1) is 36.5. The van der Waals surface area contributed by atoms with Crippen LogP contribution >= 0.6 is 23.4 Å². The molecule has 3 heterocycles. The molecule has 5 aliphatic rings. The van der Waals surface area contributed by atoms with Crippen LogP contribution in [0.15, 0.2) is 48.1 Å². The Morgan fingerprint density at radius 3 is 2.44 bits per heavy atom. The molecule has 3 N–H and O–H groups in total. The zero-order chi connectivity index (χ0) is 56.4. The average molecular weight is 1120 g/mol. The maximum atomic E-state index is 14.1. The molecule has 0 saturated carbocycles. The summed E-state index contributed by atoms with van der Waals surface area (Å²) in [6, 6.07) is 0.745. The summed E-state index contributed by atoms with van der Waals surface area (Å²) in [5, 5.41) is 16.5. The number of carbonyl (C=O) groups excluding carboxylic acids is 9. The number of rotatable bonds is 14. The number of fused-ring (bicyclic) bond motifs is 5. The van der Waals surface area contributed by atoms with E-state index < -0.39 is 113 Å². The highest BCUT2D eigenvalue weighted by Crippen LogP contribution is 2.49. The van der Waals surface area contributed by atoms with Crippen molar-refractivity contribution in [3.8, 4) is 5.75 Å². The van der Waals surface area contributed by atoms with Gasteiger partial charge in [-0.1, -0.05) is 72.7 Å². The number of imide groups is 1. The summed E-state index contributed by atoms with van der Waals surface area (Å²) in [6.07, 6.45) is 6.17. The molecule has 0 spiro atoms. The molecule has 1 aromatic carbocycles. The van der Waals surface area contributed by atoms with Gasteiger partial charge in [0.25, 0.3) is 17.1 Å². The van der Waals surface area contributed by atoms with Crippen molar-refractivity contribution in [2.75, 3.05) is 40.6 Å². The Hall–Kier alpha value is -6.01. The number of amides is 6. The zero-order valence-electron chi connectivity index (χ0n) is 44.7. The van der Waals surface area contributed by atoms with Crippen molar-refractivity contribution < 1.29 is 81.5 Å². The molecule has 22 nitrogen and oxygen atoms in total. The molecule has 0 radical (unpaired) electrons. The topological polar surface area (TPSA) is 276 Å². The molecule has 2 unspecified atom stereocenters. The Bertz CT molecular complexity index is 2510. The number of hydrogen-bond acceptors (Lipinski definition) is 18. The van der Waals surface area contributed by atoms with Crippen LogP contribution in [0.1, 0.15) is 103 Å². The monoisotopic (exact) mass is 1120 g/mol. The van der Waals surface area contributed by atoms with Crippen LogP contribution in [0, 0.1) is 5.92 Å². The van der Waals surface area contributed by atoms with Crippen molar-refractivity contribution >= 4 is 76.2 Å². The van der Waals surface area contributed by atoms with Crippen molar-refractivity contribution in [2.24, 2.45) is 5.92 Å². The van der Waals surface area contributed by atoms with Crippen LogP contribution in [-0.2, 0) is 70.1 Å². The number of nitrogens with zero attached hydrogens (tertiary/aromatic N) is 3. The number of hydrogen-bond donors (Lipinski definition) is 3. The normalized spacial score (nSPS) is 29.0. The standard InChI is InChI=1S/C53H70ClN5O17S/c1-30-15-14-18-40(71-8)53(69)28-39(73-49(66)56-53)31(2)46-52(4,75-46)41(27-35(60)26-34-24-33(23-30)25-38(70-7)45(34)54)74-47(64)32(3)58(6)42(61)21-22-77-50(67)55-37(48(65)76-59-43(62)19-20-44(59)63)29-57(5)51(68)72-36-16-12-10-9-11-13-17-36/h12,14-16,18,24-25,31-32,36-37,39-41,46,69H,9-11,13,17,19-23,26-29H2,1-8H3,(H,55,67)(H,56,66)/b16-12+,18-14+,30-15+/t31-,32+,36?,37?,39+,40-,41+,46+,52+,53+/m1/s1. The lowest BCUT2D eigenvalue weighted by Crippen LogP contribution is -2.63. The molecule has 3 fully saturated rings. The second kappa shape index (κ2) is 26.6. The predicted molar refractivity (Wildman–Crippen MR) is 278 cm³/mol. The molecule has 10 atom stereocenters. The van der Waals surface area contributed by atoms with Crippen molar-refractivity contribution in [1.29, 1.82) is 0 Å². The van der Waals surface area contributed by atoms with Crippen LogP contribution in [0.3, 0.4) is 0 Å². The summed E-state index contributed by atoms with van der Waals surface area (Å²) in [5.74, 6) is -4.99. The van der Waals surface area contributed by atoms with E-state index in [0.717, 1.165) is 46.6 Å². The van der Waals surface area contributed by atoms with E-state index in [9.17, 15) is 48.3 Å². The number of likely N-dealkylation sites (N-methyl/N-ethyl adjacent to an activating group) is 2. The van der Waals surface area contributed by atoms with Crippen molar-refractivity contribution in [3.05, 3.63) is 64.2 Å². The van der Waals surface area contributed by atoms with Crippen molar-refractivity contribution in [3.63, 3.8) is 0 Å². The fourth-order valence-electron chi connectivity index (χ4n) is 9.62. The molecule has 77 heavy (non-hydrogen) atoms. The molecular formula is C53H70ClN5O17S. The number of allylic oxidation sites excluding steroid dienone is 4. The third-order valence-electron chi connectivity index (χ3n) is 14.4. The summed E-state index contributed by atoms with van der Waals surface area (Å²) in [5.41, 5.74) is -1.09. The van der Waals surface area contributed by atoms with Crippen LogP contribution in [-0.4, -0.2) is 167 Å². The SMILES string of the molecule is COc1cc2cc(c1Cl)CC(=O)C[C@H](OC(=O)[C@H](C)N(C)C(=O)CCSC(=O)NC(CN(C)C(=O)OC1/C=C/CCCCC1)C(=O)ON1C(=O)CCC1=O)[C@]1(C)O[C@H]1[C@H](C)[C@@H]1C[C@@](O)(NC(=O)O1)[C@H](OC)/C=C/C=C(\C)C2. The number of aliphatic hydroxyl groups is 1. The highest BCUT2D eigenvalue weighted by atomic mass is 35.5. The second-order valence-electron chi connectivity index (χ2n) is 20.3. The molecule has 6 amide bonds. The number of epoxide rings is 1. The zero-order valence-corrected chi connectivity index (χ0v) is 46.2. The van der Waals surface area contributed by atoms with E-state index in [1.807, 2.05) is 19.1 Å². The molecule has 24 heteroatoms. The minimum Gasteiger partial charge on any atom is -0.495 e. The summed E-state index contributed by atoms with van der Waals surface area (Å²) in [7, 11) is 5.56. The quantitative estimate of drug-likeness (QED) is 0.0689. The highest BCUT2D eigenvalue weighted by Gasteiger charge is 2.64. The molecule has 3 saturated heterocycles. The number of ketones is 1. The number of Topliss-reactive ketones (excluding diaryl/α,β-unsaturated/α-hetero) is 1. The number of carbonyl (C=O) groups is 9. The lowest BCUT2D eigenvalue weighted by atomic mass is 9.83. The van der Waals surface area contributed by atoms with E-state index in [1.54, 1.807) is 44.2 Å². The number of hydroxylamine groups is 2. The van der Waals surface area contributed by atoms with E-state index in [2.05, 4.69) is 10.6 Å². The van der Waals surface area contributed by atoms with Gasteiger partial charge in [0.2, 0.25) is 5.91 Å². The Labute approximate surface area is 456 Å². The molecule has 2 aliphatic carbocycles. The van der Waals surface area contributed by atoms with Gasteiger partial charge >= 0.3 is 24.1 Å². The molecule has 4 bridgehead atoms. The van der Waals surface area contributed by atoms with E-state index in [-0.39, 0.29) is 55.1 Å². The molecular weight excluding hydrogens is 1050 g/mol. The van der Waals surface area contributed by atoms with Gasteiger partial charge in [-0.3, -0.25) is 29.3 Å². The molecule has 0 aromatic heterocycles. The molecule has 3 aliphatic heterocycles. The Morgan fingerprint density at radius 2 is 1.74 bits per heavy atom. The van der Waals surface area contributed by atoms with Crippen LogP contribution in [0.25, 0.3) is 0 Å². The molecule has 1 aromatic rings. The number of benzene rings is 1. The van der Waals surface area contributed by atoms with Crippen LogP contribution in [0.2, 0.25) is 5.02 Å². The lowest BCUT2D eigenvalue weighted by molar-refractivity contribution is -0.199. The maximum Gasteiger partial charge on any atom is 0.410 e. The maximum absolute atomic E-state index is 14.1. The Kier molecular flexibility index (Phi) is 20.8. The Balaban J connectivity index is 1.13. The number of ether oxygens (including phenoxy) is 6. The van der Waals surface area contributed by atoms with Gasteiger partial charge < -0.3 is 53.5 Å². The number of thioether (sulfide) groups is 1. The van der Waals surface area contributed by atoms with Crippen LogP contribution in [0.5, 0.6) is 5.75 Å². The lowest BCUT2D eigenvalue weighted by Gasteiger charge is -2.42. The Morgan fingerprint density at radius 1 is 1.01 bits per heavy atom. The van der Waals surface area contributed by atoms with E-state index >= 15 is 0 Å². The van der Waals surface area contributed by atoms with Crippen molar-refractivity contribution in [2.45, 2.75) is 159 Å². The number of esters is 1. The number of methoxy groups -OCH3 is 2. The summed E-state index contributed by atoms with van der Waals surface area (Å²) < 4.78 is 34.9. The highest BCUT2D eigenvalue weighted by molar-refractivity contribution is 8.13. The third-order valence-corrected chi connectivity index (χ3v) is 15.6. The number of alkyl carbamates (subject to hydrolysis) is 1. The first-order valence-electron chi connectivity index (χ1n) is 25.6. The predicted octanol–water partition coefficient (Wildman–Crippen LogP) is 5.43. The fourth-order valence-corrected chi connectivity index (χ4v) is 10.6. The summed E-state index contributed by atoms with van der Waals surface area (Å²) in [4.78, 5) is 126. The van der Waals surface area contributed by atoms with Crippen LogP contribution in [0.4, 0.5) is 14.4 Å². The van der Waals surface area contributed by atoms with Gasteiger partial charge in [-0.15, -0.1) is 5.06 Å². The van der Waals surface area contributed by atoms with Gasteiger partial charge in [0.1, 0.15) is 53.6 Å². The van der Waals surface area contributed by atoms with Gasteiger partial charge in [0.05, 0.1) is 24.8 Å². The smallest absolute Gasteiger partial charge is 0.410 e. The molecule has 6 rings (SSSR count). The van der Waals surface area contributed by atoms with Gasteiger partial charge in [-0.2, -0.15) is 0 Å². The van der Waals surface area contributed by atoms with Crippen molar-refractivity contribution in [1.82, 2.24) is 25.5 Å². The minimum absolute atomic E-state index is 0.124. The first-order valence-corrected chi connectivity index (χ1v) is 27.0. The van der Waals surface area contributed by atoms with E-state index in [4.69, 9.17) is 44.9 Å². The van der Waals surface area contributed by atoms with Gasteiger partial charge in [0.15, 0.2) is 5.72 Å².